The Morgan fingerprint density at radius 1 is 0.938 bits per heavy atom. The van der Waals surface area contributed by atoms with E-state index in [-0.39, 0.29) is 5.28 Å². The van der Waals surface area contributed by atoms with Gasteiger partial charge in [-0.3, -0.25) is 0 Å². The number of hydrogen-bond donors (Lipinski definition) is 0. The van der Waals surface area contributed by atoms with Gasteiger partial charge in [-0.05, 0) is 54.4 Å². The van der Waals surface area contributed by atoms with Crippen molar-refractivity contribution in [1.82, 2.24) is 9.97 Å². The molecule has 2 aromatic carbocycles. The number of fused-ring (bicyclic) bond motifs is 1. The Balaban J connectivity index is 1.51. The second-order valence-electron chi connectivity index (χ2n) is 7.71. The summed E-state index contributed by atoms with van der Waals surface area (Å²) in [6.07, 6.45) is 0. The number of halogens is 2. The van der Waals surface area contributed by atoms with Crippen LogP contribution in [0.3, 0.4) is 0 Å². The zero-order valence-electron chi connectivity index (χ0n) is 17.8. The Labute approximate surface area is 201 Å². The van der Waals surface area contributed by atoms with Gasteiger partial charge in [-0.1, -0.05) is 29.8 Å². The molecule has 0 spiro atoms. The van der Waals surface area contributed by atoms with E-state index in [1.165, 1.54) is 4.88 Å². The summed E-state index contributed by atoms with van der Waals surface area (Å²) >= 11 is 14.2. The van der Waals surface area contributed by atoms with E-state index in [0.717, 1.165) is 69.8 Å². The number of ether oxygens (including phenoxy) is 1. The maximum atomic E-state index is 6.35. The van der Waals surface area contributed by atoms with Crippen molar-refractivity contribution >= 4 is 56.3 Å². The first kappa shape index (κ1) is 21.3. The minimum Gasteiger partial charge on any atom is -0.497 e. The number of rotatable bonds is 4. The third kappa shape index (κ3) is 3.98. The van der Waals surface area contributed by atoms with Crippen molar-refractivity contribution in [3.8, 4) is 16.9 Å². The lowest BCUT2D eigenvalue weighted by Gasteiger charge is -2.37. The minimum atomic E-state index is 0.285. The predicted octanol–water partition coefficient (Wildman–Crippen LogP) is 6.31. The maximum Gasteiger partial charge on any atom is 0.225 e. The van der Waals surface area contributed by atoms with Crippen LogP contribution in [0.1, 0.15) is 4.88 Å². The lowest BCUT2D eigenvalue weighted by Crippen LogP contribution is -2.47. The van der Waals surface area contributed by atoms with Crippen LogP contribution < -0.4 is 14.5 Å². The van der Waals surface area contributed by atoms with Gasteiger partial charge < -0.3 is 14.5 Å². The molecule has 5 nitrogen and oxygen atoms in total. The van der Waals surface area contributed by atoms with Crippen LogP contribution >= 0.6 is 34.5 Å². The Morgan fingerprint density at radius 3 is 2.34 bits per heavy atom. The number of aromatic nitrogens is 2. The summed E-state index contributed by atoms with van der Waals surface area (Å²) in [4.78, 5) is 16.0. The number of aryl methyl sites for hydroxylation is 1. The molecule has 32 heavy (non-hydrogen) atoms. The van der Waals surface area contributed by atoms with Crippen LogP contribution in [-0.4, -0.2) is 43.3 Å². The van der Waals surface area contributed by atoms with E-state index in [4.69, 9.17) is 32.9 Å². The summed E-state index contributed by atoms with van der Waals surface area (Å²) in [6, 6.07) is 16.2. The van der Waals surface area contributed by atoms with E-state index >= 15 is 0 Å². The smallest absolute Gasteiger partial charge is 0.225 e. The van der Waals surface area contributed by atoms with Gasteiger partial charge in [-0.25, -0.2) is 4.98 Å². The molecule has 8 heteroatoms. The first-order chi connectivity index (χ1) is 15.5. The fraction of sp³-hybridized carbons (Fsp3) is 0.250. The fourth-order valence-electron chi connectivity index (χ4n) is 4.25. The molecule has 0 bridgehead atoms. The quantitative estimate of drug-likeness (QED) is 0.317. The van der Waals surface area contributed by atoms with Crippen LogP contribution in [0.5, 0.6) is 5.75 Å². The average molecular weight is 485 g/mol. The third-order valence-corrected chi connectivity index (χ3v) is 7.22. The van der Waals surface area contributed by atoms with Crippen molar-refractivity contribution in [2.75, 3.05) is 43.1 Å². The van der Waals surface area contributed by atoms with Gasteiger partial charge >= 0.3 is 0 Å². The Bertz CT molecular complexity index is 1270. The molecule has 3 heterocycles. The van der Waals surface area contributed by atoms with Crippen molar-refractivity contribution < 1.29 is 4.74 Å². The number of anilines is 2. The first-order valence-corrected chi connectivity index (χ1v) is 12.0. The van der Waals surface area contributed by atoms with Crippen molar-refractivity contribution in [3.05, 3.63) is 63.7 Å². The molecule has 0 unspecified atom stereocenters. The topological polar surface area (TPSA) is 41.5 Å². The molecule has 1 fully saturated rings. The summed E-state index contributed by atoms with van der Waals surface area (Å²) in [5, 5.41) is 2.11. The second kappa shape index (κ2) is 8.77. The van der Waals surface area contributed by atoms with Gasteiger partial charge in [0.05, 0.1) is 12.5 Å². The lowest BCUT2D eigenvalue weighted by atomic mass is 10.0. The van der Waals surface area contributed by atoms with E-state index in [1.54, 1.807) is 18.4 Å². The van der Waals surface area contributed by atoms with Gasteiger partial charge in [-0.15, -0.1) is 11.3 Å². The highest BCUT2D eigenvalue weighted by Crippen LogP contribution is 2.42. The molecule has 4 aromatic rings. The van der Waals surface area contributed by atoms with Crippen LogP contribution in [0.25, 0.3) is 21.3 Å². The number of thiophene rings is 1. The molecular weight excluding hydrogens is 463 g/mol. The number of piperazine rings is 1. The van der Waals surface area contributed by atoms with E-state index < -0.39 is 0 Å². The van der Waals surface area contributed by atoms with Crippen LogP contribution in [-0.2, 0) is 0 Å². The van der Waals surface area contributed by atoms with Crippen molar-refractivity contribution in [3.63, 3.8) is 0 Å². The molecule has 0 N–H and O–H groups in total. The predicted molar refractivity (Wildman–Crippen MR) is 135 cm³/mol. The molecule has 0 aliphatic carbocycles. The Hall–Kier alpha value is -2.54. The van der Waals surface area contributed by atoms with Gasteiger partial charge in [-0.2, -0.15) is 4.98 Å². The maximum absolute atomic E-state index is 6.35. The zero-order chi connectivity index (χ0) is 22.2. The van der Waals surface area contributed by atoms with E-state index in [0.29, 0.717) is 0 Å². The molecule has 0 saturated carbocycles. The van der Waals surface area contributed by atoms with Gasteiger partial charge in [0.15, 0.2) is 0 Å². The number of hydrogen-bond acceptors (Lipinski definition) is 6. The zero-order valence-corrected chi connectivity index (χ0v) is 20.1. The molecule has 1 aliphatic heterocycles. The Morgan fingerprint density at radius 2 is 1.66 bits per heavy atom. The van der Waals surface area contributed by atoms with Crippen LogP contribution in [0.4, 0.5) is 11.5 Å². The van der Waals surface area contributed by atoms with Gasteiger partial charge in [0, 0.05) is 47.3 Å². The normalized spacial score (nSPS) is 14.2. The Kier molecular flexibility index (Phi) is 5.84. The molecule has 0 atom stereocenters. The highest BCUT2D eigenvalue weighted by atomic mass is 35.5. The van der Waals surface area contributed by atoms with Crippen LogP contribution in [0.2, 0.25) is 10.3 Å². The van der Waals surface area contributed by atoms with Crippen molar-refractivity contribution in [2.45, 2.75) is 6.92 Å². The molecule has 2 aromatic heterocycles. The highest BCUT2D eigenvalue weighted by molar-refractivity contribution is 7.19. The monoisotopic (exact) mass is 484 g/mol. The number of methoxy groups -OCH3 is 1. The number of benzene rings is 2. The molecule has 164 valence electrons. The summed E-state index contributed by atoms with van der Waals surface area (Å²) in [6.45, 7) is 5.56. The standard InChI is InChI=1S/C24H22Cl2N4OS/c1-15-20(16-6-8-19(31-2)9-7-16)21-22(27-24(26)28-23(21)32-15)30-12-10-29(11-13-30)18-5-3-4-17(25)14-18/h3-9,14H,10-13H2,1-2H3. The first-order valence-electron chi connectivity index (χ1n) is 10.4. The fourth-order valence-corrected chi connectivity index (χ4v) is 5.69. The average Bonchev–Trinajstić information content (AvgIpc) is 3.14. The molecule has 1 aliphatic rings. The highest BCUT2D eigenvalue weighted by Gasteiger charge is 2.25. The van der Waals surface area contributed by atoms with Crippen molar-refractivity contribution in [2.24, 2.45) is 0 Å². The molecular formula is C24H22Cl2N4OS. The van der Waals surface area contributed by atoms with E-state index in [2.05, 4.69) is 39.9 Å². The van der Waals surface area contributed by atoms with Gasteiger partial charge in [0.1, 0.15) is 16.4 Å². The summed E-state index contributed by atoms with van der Waals surface area (Å²) in [5.74, 6) is 1.74. The summed E-state index contributed by atoms with van der Waals surface area (Å²) in [5.41, 5.74) is 3.43. The SMILES string of the molecule is COc1ccc(-c2c(C)sc3nc(Cl)nc(N4CCN(c5cccc(Cl)c5)CC4)c23)cc1. The minimum absolute atomic E-state index is 0.285. The molecule has 0 radical (unpaired) electrons. The van der Waals surface area contributed by atoms with E-state index in [9.17, 15) is 0 Å². The largest absolute Gasteiger partial charge is 0.497 e. The lowest BCUT2D eigenvalue weighted by molar-refractivity contribution is 0.415. The molecule has 1 saturated heterocycles. The summed E-state index contributed by atoms with van der Waals surface area (Å²) in [7, 11) is 1.68. The number of nitrogens with zero attached hydrogens (tertiary/aromatic N) is 4. The third-order valence-electron chi connectivity index (χ3n) is 5.81. The van der Waals surface area contributed by atoms with Crippen molar-refractivity contribution in [1.29, 1.82) is 0 Å². The van der Waals surface area contributed by atoms with E-state index in [1.807, 2.05) is 30.3 Å². The second-order valence-corrected chi connectivity index (χ2v) is 9.69. The molecule has 5 rings (SSSR count). The van der Waals surface area contributed by atoms with Crippen LogP contribution in [0, 0.1) is 6.92 Å². The van der Waals surface area contributed by atoms with Crippen LogP contribution in [0.15, 0.2) is 48.5 Å². The van der Waals surface area contributed by atoms with Gasteiger partial charge in [0.2, 0.25) is 5.28 Å². The van der Waals surface area contributed by atoms with Gasteiger partial charge in [0.25, 0.3) is 0 Å². The summed E-state index contributed by atoms with van der Waals surface area (Å²) < 4.78 is 5.33. The molecule has 0 amide bonds.